The molecular weight excluding hydrogens is 556 g/mol. The third-order valence-electron chi connectivity index (χ3n) is 7.04. The number of hydrogen-bond acceptors (Lipinski definition) is 6. The summed E-state index contributed by atoms with van der Waals surface area (Å²) in [5.41, 5.74) is 6.16. The number of amides is 1. The molecule has 0 saturated carbocycles. The van der Waals surface area contributed by atoms with Crippen LogP contribution in [0.5, 0.6) is 11.5 Å². The van der Waals surface area contributed by atoms with Crippen LogP contribution in [0.25, 0.3) is 38.8 Å². The SMILES string of the molecule is COc1ccc(-c2nn(-c3ccccc3)cc2C=C(CC(=O)NCc2ccccc2OC)c2nc3ccccc3s2)cc1. The lowest BCUT2D eigenvalue weighted by atomic mass is 10.0. The first-order chi connectivity index (χ1) is 21.1. The third-order valence-corrected chi connectivity index (χ3v) is 8.16. The zero-order chi connectivity index (χ0) is 29.6. The summed E-state index contributed by atoms with van der Waals surface area (Å²) in [4.78, 5) is 18.3. The van der Waals surface area contributed by atoms with Gasteiger partial charge in [0.25, 0.3) is 0 Å². The number of rotatable bonds is 10. The van der Waals surface area contributed by atoms with Crippen LogP contribution in [0.15, 0.2) is 109 Å². The predicted octanol–water partition coefficient (Wildman–Crippen LogP) is 7.41. The van der Waals surface area contributed by atoms with Crippen LogP contribution in [0.4, 0.5) is 0 Å². The Labute approximate surface area is 254 Å². The van der Waals surface area contributed by atoms with Gasteiger partial charge in [-0.1, -0.05) is 48.5 Å². The van der Waals surface area contributed by atoms with Gasteiger partial charge in [-0.3, -0.25) is 4.79 Å². The maximum Gasteiger partial charge on any atom is 0.224 e. The molecule has 1 amide bonds. The summed E-state index contributed by atoms with van der Waals surface area (Å²) < 4.78 is 13.8. The first-order valence-corrected chi connectivity index (χ1v) is 14.7. The number of nitrogens with one attached hydrogen (secondary N) is 1. The van der Waals surface area contributed by atoms with E-state index in [1.54, 1.807) is 25.6 Å². The molecule has 0 bridgehead atoms. The average Bonchev–Trinajstić information content (AvgIpc) is 3.69. The van der Waals surface area contributed by atoms with Gasteiger partial charge in [-0.2, -0.15) is 5.10 Å². The van der Waals surface area contributed by atoms with Crippen LogP contribution in [-0.2, 0) is 11.3 Å². The highest BCUT2D eigenvalue weighted by atomic mass is 32.1. The maximum atomic E-state index is 13.4. The molecule has 0 fully saturated rings. The molecule has 0 aliphatic rings. The highest BCUT2D eigenvalue weighted by Crippen LogP contribution is 2.33. The van der Waals surface area contributed by atoms with Crippen molar-refractivity contribution in [3.8, 4) is 28.4 Å². The van der Waals surface area contributed by atoms with Gasteiger partial charge in [-0.25, -0.2) is 9.67 Å². The van der Waals surface area contributed by atoms with Gasteiger partial charge in [0, 0.05) is 29.4 Å². The Morgan fingerprint density at radius 2 is 1.63 bits per heavy atom. The fourth-order valence-electron chi connectivity index (χ4n) is 4.84. The lowest BCUT2D eigenvalue weighted by molar-refractivity contribution is -0.120. The van der Waals surface area contributed by atoms with Gasteiger partial charge in [0.15, 0.2) is 0 Å². The van der Waals surface area contributed by atoms with Crippen molar-refractivity contribution in [2.75, 3.05) is 14.2 Å². The number of aromatic nitrogens is 3. The zero-order valence-electron chi connectivity index (χ0n) is 23.9. The largest absolute Gasteiger partial charge is 0.497 e. The van der Waals surface area contributed by atoms with Gasteiger partial charge in [0.05, 0.1) is 42.2 Å². The molecule has 6 rings (SSSR count). The quantitative estimate of drug-likeness (QED) is 0.181. The van der Waals surface area contributed by atoms with Crippen molar-refractivity contribution in [3.63, 3.8) is 0 Å². The number of fused-ring (bicyclic) bond motifs is 1. The second kappa shape index (κ2) is 12.8. The summed E-state index contributed by atoms with van der Waals surface area (Å²) in [6.07, 6.45) is 4.18. The molecule has 43 heavy (non-hydrogen) atoms. The standard InChI is InChI=1S/C35H30N4O3S/c1-41-29-18-16-24(17-19-29)34-27(23-39(38-34)28-11-4-3-5-12-28)20-26(35-37-30-13-7-9-15-32(30)43-35)21-33(40)36-22-25-10-6-8-14-31(25)42-2/h3-20,23H,21-22H2,1-2H3,(H,36,40). The van der Waals surface area contributed by atoms with Crippen molar-refractivity contribution in [3.05, 3.63) is 125 Å². The number of methoxy groups -OCH3 is 2. The van der Waals surface area contributed by atoms with Gasteiger partial charge in [-0.05, 0) is 66.2 Å². The number of carbonyl (C=O) groups is 1. The van der Waals surface area contributed by atoms with Crippen LogP contribution in [0.1, 0.15) is 22.6 Å². The van der Waals surface area contributed by atoms with Crippen molar-refractivity contribution in [2.45, 2.75) is 13.0 Å². The van der Waals surface area contributed by atoms with Crippen molar-refractivity contribution in [1.82, 2.24) is 20.1 Å². The van der Waals surface area contributed by atoms with E-state index >= 15 is 0 Å². The van der Waals surface area contributed by atoms with Crippen molar-refractivity contribution < 1.29 is 14.3 Å². The lowest BCUT2D eigenvalue weighted by Crippen LogP contribution is -2.23. The number of carbonyl (C=O) groups excluding carboxylic acids is 1. The van der Waals surface area contributed by atoms with E-state index in [1.165, 1.54) is 0 Å². The molecule has 2 aromatic heterocycles. The molecule has 0 aliphatic carbocycles. The van der Waals surface area contributed by atoms with E-state index in [1.807, 2.05) is 120 Å². The predicted molar refractivity (Wildman–Crippen MR) is 173 cm³/mol. The summed E-state index contributed by atoms with van der Waals surface area (Å²) in [6, 6.07) is 33.5. The van der Waals surface area contributed by atoms with Gasteiger partial charge in [0.1, 0.15) is 16.5 Å². The third kappa shape index (κ3) is 6.34. The summed E-state index contributed by atoms with van der Waals surface area (Å²) >= 11 is 1.57. The van der Waals surface area contributed by atoms with Crippen molar-refractivity contribution in [1.29, 1.82) is 0 Å². The summed E-state index contributed by atoms with van der Waals surface area (Å²) in [6.45, 7) is 0.360. The molecule has 0 spiro atoms. The fraction of sp³-hybridized carbons (Fsp3) is 0.114. The number of hydrogen-bond donors (Lipinski definition) is 1. The Hall–Kier alpha value is -5.21. The molecule has 0 unspecified atom stereocenters. The van der Waals surface area contributed by atoms with Crippen molar-refractivity contribution >= 4 is 39.1 Å². The molecule has 4 aromatic carbocycles. The molecule has 7 nitrogen and oxygen atoms in total. The second-order valence-corrected chi connectivity index (χ2v) is 10.9. The maximum absolute atomic E-state index is 13.4. The van der Waals surface area contributed by atoms with Crippen LogP contribution in [0.3, 0.4) is 0 Å². The Kier molecular flexibility index (Phi) is 8.28. The normalized spacial score (nSPS) is 11.4. The minimum absolute atomic E-state index is 0.113. The Bertz CT molecular complexity index is 1860. The Balaban J connectivity index is 1.40. The van der Waals surface area contributed by atoms with E-state index in [9.17, 15) is 4.79 Å². The summed E-state index contributed by atoms with van der Waals surface area (Å²) in [7, 11) is 3.28. The number of ether oxygens (including phenoxy) is 2. The van der Waals surface area contributed by atoms with Gasteiger partial charge < -0.3 is 14.8 Å². The minimum atomic E-state index is -0.113. The molecule has 0 radical (unpaired) electrons. The van der Waals surface area contributed by atoms with E-state index in [2.05, 4.69) is 5.32 Å². The molecule has 214 valence electrons. The number of benzene rings is 4. The summed E-state index contributed by atoms with van der Waals surface area (Å²) in [5, 5.41) is 8.83. The lowest BCUT2D eigenvalue weighted by Gasteiger charge is -2.10. The molecule has 8 heteroatoms. The first-order valence-electron chi connectivity index (χ1n) is 13.9. The topological polar surface area (TPSA) is 78.3 Å². The van der Waals surface area contributed by atoms with Crippen LogP contribution in [0.2, 0.25) is 0 Å². The molecule has 0 atom stereocenters. The van der Waals surface area contributed by atoms with Gasteiger partial charge >= 0.3 is 0 Å². The number of para-hydroxylation sites is 3. The highest BCUT2D eigenvalue weighted by Gasteiger charge is 2.18. The van der Waals surface area contributed by atoms with E-state index in [4.69, 9.17) is 19.6 Å². The monoisotopic (exact) mass is 586 g/mol. The van der Waals surface area contributed by atoms with Crippen LogP contribution in [-0.4, -0.2) is 34.9 Å². The zero-order valence-corrected chi connectivity index (χ0v) is 24.7. The van der Waals surface area contributed by atoms with Crippen LogP contribution < -0.4 is 14.8 Å². The molecule has 6 aromatic rings. The fourth-order valence-corrected chi connectivity index (χ4v) is 5.82. The van der Waals surface area contributed by atoms with E-state index < -0.39 is 0 Å². The molecular formula is C35H30N4O3S. The molecule has 2 heterocycles. The Morgan fingerprint density at radius 3 is 2.40 bits per heavy atom. The van der Waals surface area contributed by atoms with E-state index in [-0.39, 0.29) is 12.3 Å². The average molecular weight is 587 g/mol. The van der Waals surface area contributed by atoms with E-state index in [0.717, 1.165) is 60.4 Å². The Morgan fingerprint density at radius 1 is 0.884 bits per heavy atom. The number of nitrogens with zero attached hydrogens (tertiary/aromatic N) is 3. The number of thiazole rings is 1. The van der Waals surface area contributed by atoms with Crippen molar-refractivity contribution in [2.24, 2.45) is 0 Å². The smallest absolute Gasteiger partial charge is 0.224 e. The van der Waals surface area contributed by atoms with E-state index in [0.29, 0.717) is 6.54 Å². The van der Waals surface area contributed by atoms with Gasteiger partial charge in [0.2, 0.25) is 5.91 Å². The summed E-state index contributed by atoms with van der Waals surface area (Å²) in [5.74, 6) is 1.39. The molecule has 1 N–H and O–H groups in total. The van der Waals surface area contributed by atoms with Crippen LogP contribution in [0, 0.1) is 0 Å². The minimum Gasteiger partial charge on any atom is -0.497 e. The highest BCUT2D eigenvalue weighted by molar-refractivity contribution is 7.19. The first kappa shape index (κ1) is 27.9. The van der Waals surface area contributed by atoms with Gasteiger partial charge in [-0.15, -0.1) is 11.3 Å². The molecule has 0 saturated heterocycles. The van der Waals surface area contributed by atoms with Crippen LogP contribution >= 0.6 is 11.3 Å². The molecule has 0 aliphatic heterocycles. The second-order valence-electron chi connectivity index (χ2n) is 9.86.